The number of aliphatic hydroxyl groups excluding tert-OH is 1. The number of benzene rings is 1. The molecule has 0 saturated heterocycles. The first-order chi connectivity index (χ1) is 8.41. The third-order valence-electron chi connectivity index (χ3n) is 2.27. The van der Waals surface area contributed by atoms with Crippen LogP contribution in [-0.4, -0.2) is 27.6 Å². The number of rotatable bonds is 6. The molecule has 0 amide bonds. The summed E-state index contributed by atoms with van der Waals surface area (Å²) in [6, 6.07) is 3.39. The Labute approximate surface area is 103 Å². The molecule has 0 aliphatic carbocycles. The lowest BCUT2D eigenvalue weighted by molar-refractivity contribution is -0.393. The number of nitrogens with zero attached hydrogens (tertiary/aromatic N) is 2. The molecule has 0 aromatic heterocycles. The largest absolute Gasteiger partial charge is 0.393 e. The summed E-state index contributed by atoms with van der Waals surface area (Å²) in [6.45, 7) is 1.95. The second-order valence-corrected chi connectivity index (χ2v) is 3.78. The maximum atomic E-state index is 10.8. The zero-order chi connectivity index (χ0) is 13.7. The van der Waals surface area contributed by atoms with Gasteiger partial charge in [-0.05, 0) is 19.4 Å². The Morgan fingerprint density at radius 2 is 2.00 bits per heavy atom. The molecular weight excluding hydrogens is 242 g/mol. The Morgan fingerprint density at radius 1 is 1.33 bits per heavy atom. The van der Waals surface area contributed by atoms with Crippen LogP contribution in [0.2, 0.25) is 0 Å². The molecule has 0 heterocycles. The number of aliphatic hydroxyl groups is 1. The first-order valence-corrected chi connectivity index (χ1v) is 5.26. The summed E-state index contributed by atoms with van der Waals surface area (Å²) < 4.78 is 0. The number of hydrogen-bond donors (Lipinski definition) is 2. The SMILES string of the molecule is CC(O)CCNc1ccc([N+](=O)[O-])cc1[N+](=O)[O-]. The van der Waals surface area contributed by atoms with Crippen LogP contribution in [0.3, 0.4) is 0 Å². The highest BCUT2D eigenvalue weighted by Gasteiger charge is 2.18. The number of nitro benzene ring substituents is 2. The summed E-state index contributed by atoms with van der Waals surface area (Å²) >= 11 is 0. The molecule has 0 radical (unpaired) electrons. The third kappa shape index (κ3) is 3.67. The predicted octanol–water partition coefficient (Wildman–Crippen LogP) is 1.69. The first kappa shape index (κ1) is 13.8. The van der Waals surface area contributed by atoms with Gasteiger partial charge in [0, 0.05) is 12.6 Å². The summed E-state index contributed by atoms with van der Waals surface area (Å²) in [7, 11) is 0. The molecule has 8 nitrogen and oxygen atoms in total. The monoisotopic (exact) mass is 255 g/mol. The molecular formula is C10H13N3O5. The van der Waals surface area contributed by atoms with E-state index in [4.69, 9.17) is 5.11 Å². The van der Waals surface area contributed by atoms with Crippen molar-refractivity contribution in [1.82, 2.24) is 0 Å². The van der Waals surface area contributed by atoms with Crippen LogP contribution in [-0.2, 0) is 0 Å². The van der Waals surface area contributed by atoms with Crippen LogP contribution < -0.4 is 5.32 Å². The molecule has 1 rings (SSSR count). The van der Waals surface area contributed by atoms with Crippen molar-refractivity contribution in [1.29, 1.82) is 0 Å². The number of hydrogen-bond acceptors (Lipinski definition) is 6. The Hall–Kier alpha value is -2.22. The first-order valence-electron chi connectivity index (χ1n) is 5.26. The third-order valence-corrected chi connectivity index (χ3v) is 2.27. The van der Waals surface area contributed by atoms with Gasteiger partial charge in [-0.3, -0.25) is 20.2 Å². The smallest absolute Gasteiger partial charge is 0.299 e. The molecule has 1 aromatic rings. The van der Waals surface area contributed by atoms with E-state index in [2.05, 4.69) is 5.32 Å². The van der Waals surface area contributed by atoms with Crippen LogP contribution in [0.5, 0.6) is 0 Å². The fourth-order valence-electron chi connectivity index (χ4n) is 1.35. The molecule has 0 bridgehead atoms. The summed E-state index contributed by atoms with van der Waals surface area (Å²) in [6.07, 6.45) is -0.0941. The van der Waals surface area contributed by atoms with Gasteiger partial charge in [0.2, 0.25) is 0 Å². The van der Waals surface area contributed by atoms with Gasteiger partial charge in [0.25, 0.3) is 11.4 Å². The lowest BCUT2D eigenvalue weighted by Crippen LogP contribution is -2.10. The van der Waals surface area contributed by atoms with Crippen LogP contribution in [0.15, 0.2) is 18.2 Å². The fourth-order valence-corrected chi connectivity index (χ4v) is 1.35. The quantitative estimate of drug-likeness (QED) is 0.589. The molecule has 98 valence electrons. The Kier molecular flexibility index (Phi) is 4.55. The van der Waals surface area contributed by atoms with Crippen molar-refractivity contribution in [2.24, 2.45) is 0 Å². The van der Waals surface area contributed by atoms with Crippen molar-refractivity contribution in [3.05, 3.63) is 38.4 Å². The highest BCUT2D eigenvalue weighted by molar-refractivity contribution is 5.65. The van der Waals surface area contributed by atoms with Gasteiger partial charge >= 0.3 is 0 Å². The average molecular weight is 255 g/mol. The van der Waals surface area contributed by atoms with E-state index in [1.807, 2.05) is 0 Å². The van der Waals surface area contributed by atoms with E-state index in [-0.39, 0.29) is 17.1 Å². The van der Waals surface area contributed by atoms with E-state index < -0.39 is 16.0 Å². The minimum atomic E-state index is -0.688. The molecule has 18 heavy (non-hydrogen) atoms. The maximum absolute atomic E-state index is 10.8. The Morgan fingerprint density at radius 3 is 2.50 bits per heavy atom. The van der Waals surface area contributed by atoms with Crippen molar-refractivity contribution < 1.29 is 15.0 Å². The molecule has 1 aromatic carbocycles. The zero-order valence-electron chi connectivity index (χ0n) is 9.70. The van der Waals surface area contributed by atoms with Crippen LogP contribution in [0.25, 0.3) is 0 Å². The summed E-state index contributed by atoms with van der Waals surface area (Å²) in [5.41, 5.74) is -0.483. The lowest BCUT2D eigenvalue weighted by atomic mass is 10.2. The summed E-state index contributed by atoms with van der Waals surface area (Å²) in [5.74, 6) is 0. The van der Waals surface area contributed by atoms with Crippen molar-refractivity contribution >= 4 is 17.1 Å². The molecule has 1 atom stereocenters. The number of nitro groups is 2. The van der Waals surface area contributed by atoms with E-state index >= 15 is 0 Å². The Balaban J connectivity index is 2.90. The maximum Gasteiger partial charge on any atom is 0.299 e. The van der Waals surface area contributed by atoms with E-state index in [0.29, 0.717) is 13.0 Å². The van der Waals surface area contributed by atoms with E-state index in [1.54, 1.807) is 6.92 Å². The second kappa shape index (κ2) is 5.92. The van der Waals surface area contributed by atoms with E-state index in [1.165, 1.54) is 12.1 Å². The normalized spacial score (nSPS) is 11.9. The van der Waals surface area contributed by atoms with Crippen molar-refractivity contribution in [2.75, 3.05) is 11.9 Å². The number of nitrogens with one attached hydrogen (secondary N) is 1. The molecule has 0 spiro atoms. The van der Waals surface area contributed by atoms with Crippen LogP contribution in [0, 0.1) is 20.2 Å². The molecule has 0 saturated carbocycles. The van der Waals surface area contributed by atoms with Gasteiger partial charge in [-0.1, -0.05) is 0 Å². The van der Waals surface area contributed by atoms with E-state index in [0.717, 1.165) is 6.07 Å². The Bertz CT molecular complexity index is 461. The predicted molar refractivity (Wildman–Crippen MR) is 64.5 cm³/mol. The van der Waals surface area contributed by atoms with Crippen molar-refractivity contribution in [3.8, 4) is 0 Å². The van der Waals surface area contributed by atoms with Crippen molar-refractivity contribution in [2.45, 2.75) is 19.4 Å². The van der Waals surface area contributed by atoms with Gasteiger partial charge < -0.3 is 10.4 Å². The minimum Gasteiger partial charge on any atom is -0.393 e. The minimum absolute atomic E-state index is 0.200. The van der Waals surface area contributed by atoms with Crippen LogP contribution in [0.4, 0.5) is 17.1 Å². The standard InChI is InChI=1S/C10H13N3O5/c1-7(14)4-5-11-9-3-2-8(12(15)16)6-10(9)13(17)18/h2-3,6-7,11,14H,4-5H2,1H3. The van der Waals surface area contributed by atoms with Crippen molar-refractivity contribution in [3.63, 3.8) is 0 Å². The van der Waals surface area contributed by atoms with Gasteiger partial charge in [-0.15, -0.1) is 0 Å². The van der Waals surface area contributed by atoms with Gasteiger partial charge in [-0.2, -0.15) is 0 Å². The number of anilines is 1. The van der Waals surface area contributed by atoms with E-state index in [9.17, 15) is 20.2 Å². The van der Waals surface area contributed by atoms with Crippen LogP contribution >= 0.6 is 0 Å². The molecule has 0 aliphatic heterocycles. The lowest BCUT2D eigenvalue weighted by Gasteiger charge is -2.08. The van der Waals surface area contributed by atoms with Gasteiger partial charge in [-0.25, -0.2) is 0 Å². The van der Waals surface area contributed by atoms with Crippen LogP contribution in [0.1, 0.15) is 13.3 Å². The summed E-state index contributed by atoms with van der Waals surface area (Å²) in [4.78, 5) is 19.9. The highest BCUT2D eigenvalue weighted by atomic mass is 16.6. The summed E-state index contributed by atoms with van der Waals surface area (Å²) in [5, 5.41) is 33.1. The van der Waals surface area contributed by atoms with Gasteiger partial charge in [0.1, 0.15) is 5.69 Å². The second-order valence-electron chi connectivity index (χ2n) is 3.78. The molecule has 8 heteroatoms. The number of non-ortho nitro benzene ring substituents is 1. The fraction of sp³-hybridized carbons (Fsp3) is 0.400. The molecule has 2 N–H and O–H groups in total. The molecule has 1 unspecified atom stereocenters. The topological polar surface area (TPSA) is 119 Å². The van der Waals surface area contributed by atoms with Gasteiger partial charge in [0.15, 0.2) is 0 Å². The highest BCUT2D eigenvalue weighted by Crippen LogP contribution is 2.28. The average Bonchev–Trinajstić information content (AvgIpc) is 2.28. The zero-order valence-corrected chi connectivity index (χ0v) is 9.70. The molecule has 0 aliphatic rings. The molecule has 0 fully saturated rings. The van der Waals surface area contributed by atoms with Gasteiger partial charge in [0.05, 0.1) is 22.0 Å².